The molecule has 52 heavy (non-hydrogen) atoms. The zero-order valence-corrected chi connectivity index (χ0v) is 28.9. The summed E-state index contributed by atoms with van der Waals surface area (Å²) in [5.41, 5.74) is 10.7. The molecule has 0 N–H and O–H groups in total. The lowest BCUT2D eigenvalue weighted by Gasteiger charge is -2.41. The van der Waals surface area contributed by atoms with Gasteiger partial charge in [0.25, 0.3) is 0 Å². The van der Waals surface area contributed by atoms with E-state index >= 15 is 0 Å². The molecule has 0 saturated heterocycles. The topological polar surface area (TPSA) is 22.4 Å². The third kappa shape index (κ3) is 4.24. The summed E-state index contributed by atoms with van der Waals surface area (Å²) in [6.07, 6.45) is 0. The average molecular weight is 683 g/mol. The van der Waals surface area contributed by atoms with Crippen molar-refractivity contribution in [1.82, 2.24) is 0 Å². The van der Waals surface area contributed by atoms with E-state index in [9.17, 15) is 0 Å². The number of rotatable bonds is 4. The Morgan fingerprint density at radius 1 is 0.404 bits per heavy atom. The summed E-state index contributed by atoms with van der Waals surface area (Å²) >= 11 is 1.85. The molecule has 8 aromatic carbocycles. The van der Waals surface area contributed by atoms with Gasteiger partial charge in [0.05, 0.1) is 5.41 Å². The van der Waals surface area contributed by atoms with Crippen LogP contribution in [0.2, 0.25) is 0 Å². The minimum atomic E-state index is -0.522. The highest BCUT2D eigenvalue weighted by molar-refractivity contribution is 7.25. The van der Waals surface area contributed by atoms with E-state index in [0.717, 1.165) is 44.7 Å². The minimum absolute atomic E-state index is 0.522. The van der Waals surface area contributed by atoms with Crippen molar-refractivity contribution in [2.24, 2.45) is 0 Å². The molecule has 3 heteroatoms. The van der Waals surface area contributed by atoms with Crippen molar-refractivity contribution in [3.05, 3.63) is 204 Å². The van der Waals surface area contributed by atoms with Crippen molar-refractivity contribution < 1.29 is 9.15 Å². The Balaban J connectivity index is 1.04. The maximum Gasteiger partial charge on any atom is 0.136 e. The van der Waals surface area contributed by atoms with Crippen LogP contribution in [0.1, 0.15) is 22.3 Å². The van der Waals surface area contributed by atoms with Crippen molar-refractivity contribution in [2.75, 3.05) is 0 Å². The first-order chi connectivity index (χ1) is 25.8. The zero-order valence-electron chi connectivity index (χ0n) is 28.0. The molecule has 0 unspecified atom stereocenters. The Labute approximate surface area is 304 Å². The van der Waals surface area contributed by atoms with Crippen LogP contribution in [0.5, 0.6) is 11.5 Å². The Hall–Kier alpha value is -6.42. The third-order valence-electron chi connectivity index (χ3n) is 10.8. The monoisotopic (exact) mass is 682 g/mol. The van der Waals surface area contributed by atoms with Gasteiger partial charge in [-0.15, -0.1) is 11.3 Å². The number of fused-ring (bicyclic) bond motifs is 8. The van der Waals surface area contributed by atoms with E-state index in [2.05, 4.69) is 170 Å². The standard InChI is InChI=1S/C49H30O2S/c1-3-12-34(13-4-1)49(35-14-5-2-6-15-35)40-18-8-10-20-43(40)51-45-28-31(24-27-41(45)49)32-22-25-37-38-26-23-33(30-47(38)52-46(37)29-32)36-17-11-21-44-48(36)39-16-7-9-19-42(39)50-44/h1-30H. The molecule has 1 aliphatic heterocycles. The second-order valence-corrected chi connectivity index (χ2v) is 14.7. The van der Waals surface area contributed by atoms with Crippen LogP contribution in [0.4, 0.5) is 0 Å². The quantitative estimate of drug-likeness (QED) is 0.184. The van der Waals surface area contributed by atoms with Crippen molar-refractivity contribution in [1.29, 1.82) is 0 Å². The number of hydrogen-bond donors (Lipinski definition) is 0. The Morgan fingerprint density at radius 2 is 1.00 bits per heavy atom. The number of furan rings is 1. The van der Waals surface area contributed by atoms with Gasteiger partial charge in [-0.05, 0) is 69.8 Å². The molecule has 0 spiro atoms. The minimum Gasteiger partial charge on any atom is -0.457 e. The fourth-order valence-electron chi connectivity index (χ4n) is 8.53. The van der Waals surface area contributed by atoms with E-state index in [1.54, 1.807) is 0 Å². The van der Waals surface area contributed by atoms with Crippen LogP contribution in [-0.4, -0.2) is 0 Å². The van der Waals surface area contributed by atoms with Gasteiger partial charge in [-0.25, -0.2) is 0 Å². The van der Waals surface area contributed by atoms with E-state index in [-0.39, 0.29) is 0 Å². The highest BCUT2D eigenvalue weighted by Crippen LogP contribution is 2.56. The van der Waals surface area contributed by atoms with Crippen LogP contribution in [-0.2, 0) is 5.41 Å². The van der Waals surface area contributed by atoms with Crippen LogP contribution < -0.4 is 4.74 Å². The Kier molecular flexibility index (Phi) is 6.37. The largest absolute Gasteiger partial charge is 0.457 e. The fourth-order valence-corrected chi connectivity index (χ4v) is 9.71. The van der Waals surface area contributed by atoms with Gasteiger partial charge in [0.2, 0.25) is 0 Å². The molecule has 0 radical (unpaired) electrons. The van der Waals surface area contributed by atoms with Gasteiger partial charge in [0.1, 0.15) is 22.7 Å². The van der Waals surface area contributed by atoms with Crippen molar-refractivity contribution in [3.63, 3.8) is 0 Å². The lowest BCUT2D eigenvalue weighted by atomic mass is 9.63. The van der Waals surface area contributed by atoms with Crippen LogP contribution in [0.15, 0.2) is 186 Å². The predicted molar refractivity (Wildman–Crippen MR) is 216 cm³/mol. The highest BCUT2D eigenvalue weighted by Gasteiger charge is 2.45. The van der Waals surface area contributed by atoms with E-state index < -0.39 is 5.41 Å². The first-order valence-corrected chi connectivity index (χ1v) is 18.5. The maximum absolute atomic E-state index is 6.78. The molecule has 0 fully saturated rings. The van der Waals surface area contributed by atoms with Crippen molar-refractivity contribution in [3.8, 4) is 33.8 Å². The molecule has 1 aliphatic rings. The summed E-state index contributed by atoms with van der Waals surface area (Å²) in [5.74, 6) is 1.76. The third-order valence-corrected chi connectivity index (χ3v) is 11.9. The van der Waals surface area contributed by atoms with E-state index in [4.69, 9.17) is 9.15 Å². The molecule has 0 amide bonds. The Bertz CT molecular complexity index is 2950. The molecule has 0 saturated carbocycles. The Morgan fingerprint density at radius 3 is 1.79 bits per heavy atom. The number of para-hydroxylation sites is 2. The molecule has 2 aromatic heterocycles. The summed E-state index contributed by atoms with van der Waals surface area (Å²) in [7, 11) is 0. The van der Waals surface area contributed by atoms with Gasteiger partial charge >= 0.3 is 0 Å². The molecular formula is C49H30O2S. The van der Waals surface area contributed by atoms with Gasteiger partial charge in [0.15, 0.2) is 0 Å². The fraction of sp³-hybridized carbons (Fsp3) is 0.0204. The molecule has 0 atom stereocenters. The second kappa shape index (κ2) is 11.3. The molecule has 2 nitrogen and oxygen atoms in total. The zero-order chi connectivity index (χ0) is 34.2. The average Bonchev–Trinajstić information content (AvgIpc) is 3.78. The molecule has 0 bridgehead atoms. The van der Waals surface area contributed by atoms with Crippen molar-refractivity contribution in [2.45, 2.75) is 5.41 Å². The van der Waals surface area contributed by atoms with Crippen LogP contribution in [0.3, 0.4) is 0 Å². The second-order valence-electron chi connectivity index (χ2n) is 13.6. The van der Waals surface area contributed by atoms with Gasteiger partial charge in [-0.1, -0.05) is 146 Å². The maximum atomic E-state index is 6.78. The van der Waals surface area contributed by atoms with Crippen LogP contribution in [0, 0.1) is 0 Å². The molecule has 0 aliphatic carbocycles. The number of benzene rings is 8. The normalized spacial score (nSPS) is 13.3. The first-order valence-electron chi connectivity index (χ1n) is 17.7. The summed E-state index contributed by atoms with van der Waals surface area (Å²) in [4.78, 5) is 0. The van der Waals surface area contributed by atoms with Crippen LogP contribution >= 0.6 is 11.3 Å². The summed E-state index contributed by atoms with van der Waals surface area (Å²) in [6, 6.07) is 65.3. The summed E-state index contributed by atoms with van der Waals surface area (Å²) in [6.45, 7) is 0. The van der Waals surface area contributed by atoms with E-state index in [1.807, 2.05) is 23.5 Å². The predicted octanol–water partition coefficient (Wildman–Crippen LogP) is 13.8. The molecule has 244 valence electrons. The summed E-state index contributed by atoms with van der Waals surface area (Å²) < 4.78 is 15.5. The smallest absolute Gasteiger partial charge is 0.136 e. The van der Waals surface area contributed by atoms with E-state index in [1.165, 1.54) is 53.4 Å². The van der Waals surface area contributed by atoms with Gasteiger partial charge in [-0.3, -0.25) is 0 Å². The summed E-state index contributed by atoms with van der Waals surface area (Å²) in [5, 5.41) is 4.87. The van der Waals surface area contributed by atoms with Gasteiger partial charge in [-0.2, -0.15) is 0 Å². The molecule has 3 heterocycles. The van der Waals surface area contributed by atoms with Crippen molar-refractivity contribution >= 4 is 53.4 Å². The highest BCUT2D eigenvalue weighted by atomic mass is 32.1. The van der Waals surface area contributed by atoms with Gasteiger partial charge in [0, 0.05) is 42.1 Å². The molecule has 11 rings (SSSR count). The first kappa shape index (κ1) is 29.3. The number of hydrogen-bond acceptors (Lipinski definition) is 3. The lowest BCUT2D eigenvalue weighted by Crippen LogP contribution is -2.34. The van der Waals surface area contributed by atoms with Crippen LogP contribution in [0.25, 0.3) is 64.4 Å². The number of ether oxygens (including phenoxy) is 1. The lowest BCUT2D eigenvalue weighted by molar-refractivity contribution is 0.435. The molecular weight excluding hydrogens is 653 g/mol. The SMILES string of the molecule is c1ccc(C2(c3ccccc3)c3ccccc3Oc3cc(-c4ccc5c(c4)sc4cc(-c6cccc7oc8ccccc8c67)ccc45)ccc32)cc1. The number of thiophene rings is 1. The van der Waals surface area contributed by atoms with E-state index in [0.29, 0.717) is 0 Å². The van der Waals surface area contributed by atoms with Gasteiger partial charge < -0.3 is 9.15 Å². The molecule has 10 aromatic rings.